The third kappa shape index (κ3) is 6.38. The molecular formula is C19H29N3O3. The van der Waals surface area contributed by atoms with E-state index in [0.29, 0.717) is 36.9 Å². The zero-order valence-corrected chi connectivity index (χ0v) is 15.2. The summed E-state index contributed by atoms with van der Waals surface area (Å²) < 4.78 is 5.22. The quantitative estimate of drug-likeness (QED) is 0.745. The van der Waals surface area contributed by atoms with Crippen molar-refractivity contribution in [2.75, 3.05) is 38.2 Å². The van der Waals surface area contributed by atoms with E-state index in [1.54, 1.807) is 24.3 Å². The topological polar surface area (TPSA) is 70.7 Å². The van der Waals surface area contributed by atoms with Gasteiger partial charge in [0.05, 0.1) is 0 Å². The van der Waals surface area contributed by atoms with Crippen LogP contribution in [0, 0.1) is 5.92 Å². The van der Waals surface area contributed by atoms with Crippen LogP contribution < -0.4 is 10.6 Å². The number of ether oxygens (including phenoxy) is 1. The van der Waals surface area contributed by atoms with E-state index in [-0.39, 0.29) is 11.9 Å². The molecular weight excluding hydrogens is 318 g/mol. The summed E-state index contributed by atoms with van der Waals surface area (Å²) in [4.78, 5) is 26.2. The van der Waals surface area contributed by atoms with E-state index in [2.05, 4.69) is 17.6 Å². The second-order valence-electron chi connectivity index (χ2n) is 6.48. The predicted octanol–water partition coefficient (Wildman–Crippen LogP) is 3.11. The molecule has 0 saturated carbocycles. The van der Waals surface area contributed by atoms with Crippen molar-refractivity contribution in [2.45, 2.75) is 33.1 Å². The van der Waals surface area contributed by atoms with Crippen LogP contribution in [0.15, 0.2) is 24.3 Å². The second-order valence-corrected chi connectivity index (χ2v) is 6.48. The number of carbonyl (C=O) groups is 2. The molecule has 0 unspecified atom stereocenters. The van der Waals surface area contributed by atoms with Crippen LogP contribution in [-0.2, 0) is 4.74 Å². The number of urea groups is 1. The Balaban J connectivity index is 1.77. The first-order chi connectivity index (χ1) is 12.1. The largest absolute Gasteiger partial charge is 0.382 e. The molecule has 0 aromatic heterocycles. The molecule has 0 radical (unpaired) electrons. The fourth-order valence-electron chi connectivity index (χ4n) is 2.79. The van der Waals surface area contributed by atoms with Gasteiger partial charge in [-0.1, -0.05) is 6.92 Å². The third-order valence-electron chi connectivity index (χ3n) is 4.42. The lowest BCUT2D eigenvalue weighted by Gasteiger charge is -2.30. The summed E-state index contributed by atoms with van der Waals surface area (Å²) in [7, 11) is 0. The molecule has 1 fully saturated rings. The maximum Gasteiger partial charge on any atom is 0.319 e. The van der Waals surface area contributed by atoms with Gasteiger partial charge in [0.2, 0.25) is 0 Å². The summed E-state index contributed by atoms with van der Waals surface area (Å²) in [5.74, 6) is 0.765. The molecule has 0 bridgehead atoms. The first-order valence-corrected chi connectivity index (χ1v) is 9.12. The minimum absolute atomic E-state index is 0.0684. The van der Waals surface area contributed by atoms with Crippen molar-refractivity contribution in [1.82, 2.24) is 10.2 Å². The highest BCUT2D eigenvalue weighted by atomic mass is 16.5. The molecule has 6 heteroatoms. The van der Waals surface area contributed by atoms with Crippen molar-refractivity contribution in [3.63, 3.8) is 0 Å². The molecule has 3 amide bonds. The molecule has 6 nitrogen and oxygen atoms in total. The van der Waals surface area contributed by atoms with Crippen LogP contribution in [0.5, 0.6) is 0 Å². The number of rotatable bonds is 7. The van der Waals surface area contributed by atoms with E-state index in [9.17, 15) is 9.59 Å². The van der Waals surface area contributed by atoms with Gasteiger partial charge >= 0.3 is 6.03 Å². The highest BCUT2D eigenvalue weighted by Crippen LogP contribution is 2.19. The number of nitrogens with zero attached hydrogens (tertiary/aromatic N) is 1. The minimum atomic E-state index is -0.249. The zero-order chi connectivity index (χ0) is 18.1. The number of amides is 3. The first-order valence-electron chi connectivity index (χ1n) is 9.12. The minimum Gasteiger partial charge on any atom is -0.382 e. The molecule has 1 aliphatic rings. The van der Waals surface area contributed by atoms with E-state index in [4.69, 9.17) is 4.74 Å². The molecule has 25 heavy (non-hydrogen) atoms. The van der Waals surface area contributed by atoms with Gasteiger partial charge in [-0.05, 0) is 56.4 Å². The van der Waals surface area contributed by atoms with Gasteiger partial charge in [0.1, 0.15) is 0 Å². The van der Waals surface area contributed by atoms with Crippen molar-refractivity contribution in [1.29, 1.82) is 0 Å². The highest BCUT2D eigenvalue weighted by Gasteiger charge is 2.21. The lowest BCUT2D eigenvalue weighted by Crippen LogP contribution is -2.37. The average Bonchev–Trinajstić information content (AvgIpc) is 2.62. The van der Waals surface area contributed by atoms with Crippen LogP contribution in [0.4, 0.5) is 10.5 Å². The van der Waals surface area contributed by atoms with Crippen molar-refractivity contribution in [2.24, 2.45) is 5.92 Å². The van der Waals surface area contributed by atoms with Gasteiger partial charge in [0, 0.05) is 44.1 Å². The van der Waals surface area contributed by atoms with E-state index in [1.807, 2.05) is 11.8 Å². The van der Waals surface area contributed by atoms with E-state index in [1.165, 1.54) is 0 Å². The number of likely N-dealkylation sites (tertiary alicyclic amines) is 1. The Morgan fingerprint density at radius 1 is 1.20 bits per heavy atom. The number of anilines is 1. The van der Waals surface area contributed by atoms with Gasteiger partial charge in [0.15, 0.2) is 0 Å². The number of hydrogen-bond donors (Lipinski definition) is 2. The first kappa shape index (κ1) is 19.2. The van der Waals surface area contributed by atoms with Gasteiger partial charge in [-0.25, -0.2) is 4.79 Å². The third-order valence-corrected chi connectivity index (χ3v) is 4.42. The summed E-state index contributed by atoms with van der Waals surface area (Å²) in [6.45, 7) is 7.71. The molecule has 138 valence electrons. The number of carbonyl (C=O) groups excluding carboxylic acids is 2. The lowest BCUT2D eigenvalue weighted by molar-refractivity contribution is 0.0697. The Hall–Kier alpha value is -2.08. The fraction of sp³-hybridized carbons (Fsp3) is 0.579. The van der Waals surface area contributed by atoms with Crippen LogP contribution in [0.3, 0.4) is 0 Å². The van der Waals surface area contributed by atoms with Crippen molar-refractivity contribution in [3.8, 4) is 0 Å². The van der Waals surface area contributed by atoms with Crippen molar-refractivity contribution in [3.05, 3.63) is 29.8 Å². The van der Waals surface area contributed by atoms with Crippen molar-refractivity contribution < 1.29 is 14.3 Å². The Morgan fingerprint density at radius 3 is 2.52 bits per heavy atom. The van der Waals surface area contributed by atoms with E-state index in [0.717, 1.165) is 32.4 Å². The Labute approximate surface area is 149 Å². The molecule has 1 aromatic carbocycles. The Bertz CT molecular complexity index is 552. The Morgan fingerprint density at radius 2 is 1.88 bits per heavy atom. The van der Waals surface area contributed by atoms with Gasteiger partial charge < -0.3 is 20.3 Å². The standard InChI is InChI=1S/C19H29N3O3/c1-3-25-14-4-11-20-19(24)21-17-7-5-16(6-8-17)18(23)22-12-9-15(2)10-13-22/h5-8,15H,3-4,9-14H2,1-2H3,(H2,20,21,24). The number of nitrogens with one attached hydrogen (secondary N) is 2. The van der Waals surface area contributed by atoms with Gasteiger partial charge in [0.25, 0.3) is 5.91 Å². The maximum absolute atomic E-state index is 12.5. The fourth-order valence-corrected chi connectivity index (χ4v) is 2.79. The van der Waals surface area contributed by atoms with Crippen LogP contribution in [0.25, 0.3) is 0 Å². The molecule has 2 N–H and O–H groups in total. The smallest absolute Gasteiger partial charge is 0.319 e. The highest BCUT2D eigenvalue weighted by molar-refractivity contribution is 5.95. The molecule has 1 aliphatic heterocycles. The van der Waals surface area contributed by atoms with Crippen LogP contribution in [0.2, 0.25) is 0 Å². The lowest BCUT2D eigenvalue weighted by atomic mass is 9.98. The summed E-state index contributed by atoms with van der Waals surface area (Å²) >= 11 is 0. The van der Waals surface area contributed by atoms with Gasteiger partial charge in [-0.3, -0.25) is 4.79 Å². The van der Waals surface area contributed by atoms with Crippen molar-refractivity contribution >= 4 is 17.6 Å². The summed E-state index contributed by atoms with van der Waals surface area (Å²) in [5.41, 5.74) is 1.34. The maximum atomic E-state index is 12.5. The molecule has 2 rings (SSSR count). The number of benzene rings is 1. The molecule has 1 saturated heterocycles. The molecule has 0 aliphatic carbocycles. The van der Waals surface area contributed by atoms with Crippen LogP contribution in [-0.4, -0.2) is 49.7 Å². The second kappa shape index (κ2) is 10.0. The summed E-state index contributed by atoms with van der Waals surface area (Å²) in [6.07, 6.45) is 2.91. The van der Waals surface area contributed by atoms with Gasteiger partial charge in [-0.15, -0.1) is 0 Å². The summed E-state index contributed by atoms with van der Waals surface area (Å²) in [5, 5.41) is 5.55. The van der Waals surface area contributed by atoms with E-state index < -0.39 is 0 Å². The molecule has 0 atom stereocenters. The van der Waals surface area contributed by atoms with E-state index >= 15 is 0 Å². The monoisotopic (exact) mass is 347 g/mol. The molecule has 0 spiro atoms. The molecule has 1 heterocycles. The zero-order valence-electron chi connectivity index (χ0n) is 15.2. The predicted molar refractivity (Wildman–Crippen MR) is 98.9 cm³/mol. The van der Waals surface area contributed by atoms with Crippen LogP contribution in [0.1, 0.15) is 43.5 Å². The Kier molecular flexibility index (Phi) is 7.73. The van der Waals surface area contributed by atoms with Crippen LogP contribution >= 0.6 is 0 Å². The van der Waals surface area contributed by atoms with Gasteiger partial charge in [-0.2, -0.15) is 0 Å². The normalized spacial score (nSPS) is 15.0. The number of hydrogen-bond acceptors (Lipinski definition) is 3. The average molecular weight is 347 g/mol. The number of piperidine rings is 1. The molecule has 1 aromatic rings. The summed E-state index contributed by atoms with van der Waals surface area (Å²) in [6, 6.07) is 6.82. The SMILES string of the molecule is CCOCCCNC(=O)Nc1ccc(C(=O)N2CCC(C)CC2)cc1.